The summed E-state index contributed by atoms with van der Waals surface area (Å²) in [4.78, 5) is 10.8. The molecule has 0 heterocycles. The van der Waals surface area contributed by atoms with Gasteiger partial charge in [0.15, 0.2) is 0 Å². The van der Waals surface area contributed by atoms with Gasteiger partial charge < -0.3 is 5.11 Å². The Morgan fingerprint density at radius 3 is 2.25 bits per heavy atom. The molecule has 1 N–H and O–H groups in total. The zero-order valence-corrected chi connectivity index (χ0v) is 8.81. The summed E-state index contributed by atoms with van der Waals surface area (Å²) < 4.78 is 0. The molecular formula is C14H12O2. The van der Waals surface area contributed by atoms with Gasteiger partial charge in [-0.2, -0.15) is 0 Å². The second kappa shape index (κ2) is 5.54. The Morgan fingerprint density at radius 2 is 1.62 bits per heavy atom. The van der Waals surface area contributed by atoms with E-state index in [1.165, 1.54) is 0 Å². The molecule has 0 aromatic heterocycles. The highest BCUT2D eigenvalue weighted by Gasteiger charge is 2.05. The molecule has 2 aromatic carbocycles. The van der Waals surface area contributed by atoms with Crippen LogP contribution in [0.2, 0.25) is 0 Å². The molecule has 0 radical (unpaired) electrons. The molecule has 80 valence electrons. The van der Waals surface area contributed by atoms with Crippen molar-refractivity contribution in [1.29, 1.82) is 0 Å². The fourth-order valence-corrected chi connectivity index (χ4v) is 1.41. The molecule has 2 heteroatoms. The van der Waals surface area contributed by atoms with E-state index in [2.05, 4.69) is 18.9 Å². The summed E-state index contributed by atoms with van der Waals surface area (Å²) >= 11 is 0. The standard InChI is InChI=1S/C11H8O2.C3H4/c12-11(13)10-7-3-5-8-4-1-2-6-9(8)10;1-3-2/h1-7H,(H,12,13);1-2H2. The Labute approximate surface area is 94.2 Å². The van der Waals surface area contributed by atoms with Crippen LogP contribution >= 0.6 is 0 Å². The van der Waals surface area contributed by atoms with Crippen LogP contribution in [0.4, 0.5) is 0 Å². The first-order chi connectivity index (χ1) is 7.70. The molecular weight excluding hydrogens is 200 g/mol. The van der Waals surface area contributed by atoms with Crippen LogP contribution in [0.5, 0.6) is 0 Å². The third kappa shape index (κ3) is 2.59. The van der Waals surface area contributed by atoms with Crippen molar-refractivity contribution in [1.82, 2.24) is 0 Å². The van der Waals surface area contributed by atoms with E-state index in [1.807, 2.05) is 30.3 Å². The van der Waals surface area contributed by atoms with Crippen molar-refractivity contribution < 1.29 is 9.90 Å². The van der Waals surface area contributed by atoms with Gasteiger partial charge in [0, 0.05) is 0 Å². The molecule has 0 saturated carbocycles. The Bertz CT molecular complexity index is 530. The number of carboxylic acid groups (broad SMARTS) is 1. The van der Waals surface area contributed by atoms with Gasteiger partial charge in [-0.3, -0.25) is 0 Å². The lowest BCUT2D eigenvalue weighted by Crippen LogP contribution is -1.96. The molecule has 16 heavy (non-hydrogen) atoms. The minimum absolute atomic E-state index is 0.359. The van der Waals surface area contributed by atoms with E-state index in [-0.39, 0.29) is 0 Å². The van der Waals surface area contributed by atoms with E-state index in [0.29, 0.717) is 5.56 Å². The summed E-state index contributed by atoms with van der Waals surface area (Å²) in [6.45, 7) is 6.25. The quantitative estimate of drug-likeness (QED) is 0.734. The molecule has 2 aromatic rings. The minimum atomic E-state index is -0.878. The largest absolute Gasteiger partial charge is 0.478 e. The van der Waals surface area contributed by atoms with Gasteiger partial charge >= 0.3 is 5.97 Å². The first kappa shape index (κ1) is 11.8. The average Bonchev–Trinajstić information content (AvgIpc) is 2.29. The molecule has 0 spiro atoms. The average molecular weight is 212 g/mol. The van der Waals surface area contributed by atoms with Crippen molar-refractivity contribution in [2.45, 2.75) is 0 Å². The minimum Gasteiger partial charge on any atom is -0.478 e. The van der Waals surface area contributed by atoms with E-state index in [4.69, 9.17) is 5.11 Å². The molecule has 0 bridgehead atoms. The summed E-state index contributed by atoms with van der Waals surface area (Å²) in [6.07, 6.45) is 0. The highest BCUT2D eigenvalue weighted by molar-refractivity contribution is 6.03. The van der Waals surface area contributed by atoms with Crippen LogP contribution < -0.4 is 0 Å². The molecule has 0 atom stereocenters. The van der Waals surface area contributed by atoms with Gasteiger partial charge in [-0.15, -0.1) is 5.73 Å². The summed E-state index contributed by atoms with van der Waals surface area (Å²) in [5.74, 6) is -0.878. The van der Waals surface area contributed by atoms with Crippen LogP contribution in [0.15, 0.2) is 61.4 Å². The fourth-order valence-electron chi connectivity index (χ4n) is 1.41. The van der Waals surface area contributed by atoms with Gasteiger partial charge in [0.25, 0.3) is 0 Å². The van der Waals surface area contributed by atoms with Gasteiger partial charge in [0.05, 0.1) is 5.56 Å². The number of hydrogen-bond acceptors (Lipinski definition) is 1. The molecule has 0 aliphatic heterocycles. The number of carbonyl (C=O) groups is 1. The van der Waals surface area contributed by atoms with Crippen LogP contribution in [0.1, 0.15) is 10.4 Å². The monoisotopic (exact) mass is 212 g/mol. The lowest BCUT2D eigenvalue weighted by atomic mass is 10.1. The van der Waals surface area contributed by atoms with Gasteiger partial charge in [0.2, 0.25) is 0 Å². The van der Waals surface area contributed by atoms with E-state index in [0.717, 1.165) is 10.8 Å². The lowest BCUT2D eigenvalue weighted by Gasteiger charge is -2.00. The van der Waals surface area contributed by atoms with Gasteiger partial charge in [-0.25, -0.2) is 4.79 Å². The van der Waals surface area contributed by atoms with Crippen molar-refractivity contribution in [3.63, 3.8) is 0 Å². The van der Waals surface area contributed by atoms with Crippen molar-refractivity contribution >= 4 is 16.7 Å². The molecule has 0 saturated heterocycles. The number of benzene rings is 2. The van der Waals surface area contributed by atoms with Crippen molar-refractivity contribution in [2.75, 3.05) is 0 Å². The van der Waals surface area contributed by atoms with Crippen molar-refractivity contribution in [2.24, 2.45) is 0 Å². The second-order valence-electron chi connectivity index (χ2n) is 3.08. The normalized spacial score (nSPS) is 8.75. The van der Waals surface area contributed by atoms with Crippen LogP contribution in [0.25, 0.3) is 10.8 Å². The summed E-state index contributed by atoms with van der Waals surface area (Å²) in [5.41, 5.74) is 2.61. The summed E-state index contributed by atoms with van der Waals surface area (Å²) in [6, 6.07) is 12.7. The highest BCUT2D eigenvalue weighted by atomic mass is 16.4. The summed E-state index contributed by atoms with van der Waals surface area (Å²) in [7, 11) is 0. The maximum absolute atomic E-state index is 10.8. The van der Waals surface area contributed by atoms with Crippen LogP contribution in [0, 0.1) is 0 Å². The van der Waals surface area contributed by atoms with Crippen molar-refractivity contribution in [3.8, 4) is 0 Å². The molecule has 2 rings (SSSR count). The Balaban J connectivity index is 0.000000386. The molecule has 0 unspecified atom stereocenters. The predicted octanol–water partition coefficient (Wildman–Crippen LogP) is 3.50. The predicted molar refractivity (Wildman–Crippen MR) is 65.7 cm³/mol. The lowest BCUT2D eigenvalue weighted by molar-refractivity contribution is 0.0699. The molecule has 0 amide bonds. The topological polar surface area (TPSA) is 37.3 Å². The Hall–Kier alpha value is -2.31. The molecule has 2 nitrogen and oxygen atoms in total. The third-order valence-corrected chi connectivity index (χ3v) is 2.02. The zero-order chi connectivity index (χ0) is 12.0. The van der Waals surface area contributed by atoms with E-state index < -0.39 is 5.97 Å². The second-order valence-corrected chi connectivity index (χ2v) is 3.08. The number of fused-ring (bicyclic) bond motifs is 1. The maximum atomic E-state index is 10.8. The fraction of sp³-hybridized carbons (Fsp3) is 0. The highest BCUT2D eigenvalue weighted by Crippen LogP contribution is 2.17. The van der Waals surface area contributed by atoms with Crippen molar-refractivity contribution in [3.05, 3.63) is 66.9 Å². The van der Waals surface area contributed by atoms with Gasteiger partial charge in [0.1, 0.15) is 0 Å². The smallest absolute Gasteiger partial charge is 0.336 e. The maximum Gasteiger partial charge on any atom is 0.336 e. The van der Waals surface area contributed by atoms with E-state index in [9.17, 15) is 4.79 Å². The Morgan fingerprint density at radius 1 is 1.06 bits per heavy atom. The first-order valence-electron chi connectivity index (χ1n) is 4.71. The summed E-state index contributed by atoms with van der Waals surface area (Å²) in [5, 5.41) is 10.6. The molecule has 0 fully saturated rings. The third-order valence-electron chi connectivity index (χ3n) is 2.02. The SMILES string of the molecule is C=C=C.O=C(O)c1cccc2ccccc12. The van der Waals surface area contributed by atoms with Crippen LogP contribution in [-0.4, -0.2) is 11.1 Å². The molecule has 0 aliphatic rings. The van der Waals surface area contributed by atoms with E-state index in [1.54, 1.807) is 12.1 Å². The van der Waals surface area contributed by atoms with Gasteiger partial charge in [-0.1, -0.05) is 49.6 Å². The van der Waals surface area contributed by atoms with Crippen LogP contribution in [0.3, 0.4) is 0 Å². The van der Waals surface area contributed by atoms with Gasteiger partial charge in [-0.05, 0) is 16.8 Å². The Kier molecular flexibility index (Phi) is 4.07. The van der Waals surface area contributed by atoms with E-state index >= 15 is 0 Å². The number of aromatic carboxylic acids is 1. The number of hydrogen-bond donors (Lipinski definition) is 1. The van der Waals surface area contributed by atoms with Crippen LogP contribution in [-0.2, 0) is 0 Å². The first-order valence-corrected chi connectivity index (χ1v) is 4.71. The number of rotatable bonds is 1. The number of carboxylic acids is 1. The molecule has 0 aliphatic carbocycles. The zero-order valence-electron chi connectivity index (χ0n) is 8.81.